The highest BCUT2D eigenvalue weighted by atomic mass is 15.1. The predicted octanol–water partition coefficient (Wildman–Crippen LogP) is 3.10. The molecule has 2 rings (SSSR count). The van der Waals surface area contributed by atoms with E-state index in [4.69, 9.17) is 0 Å². The number of hydrogen-bond acceptors (Lipinski definition) is 4. The van der Waals surface area contributed by atoms with E-state index in [1.54, 1.807) is 0 Å². The van der Waals surface area contributed by atoms with Crippen molar-refractivity contribution in [1.29, 1.82) is 0 Å². The van der Waals surface area contributed by atoms with Crippen molar-refractivity contribution in [2.75, 3.05) is 76.0 Å². The van der Waals surface area contributed by atoms with E-state index in [9.17, 15) is 0 Å². The van der Waals surface area contributed by atoms with E-state index >= 15 is 0 Å². The van der Waals surface area contributed by atoms with Crippen molar-refractivity contribution in [1.82, 2.24) is 0 Å². The largest absolute Gasteiger partial charge is 0.377 e. The first-order valence-electron chi connectivity index (χ1n) is 7.54. The summed E-state index contributed by atoms with van der Waals surface area (Å²) in [5.74, 6) is 0. The van der Waals surface area contributed by atoms with Gasteiger partial charge in [-0.15, -0.1) is 0 Å². The van der Waals surface area contributed by atoms with Crippen molar-refractivity contribution in [2.24, 2.45) is 0 Å². The van der Waals surface area contributed by atoms with Crippen LogP contribution in [0.4, 0.5) is 22.7 Å². The molecule has 120 valence electrons. The van der Waals surface area contributed by atoms with E-state index in [-0.39, 0.29) is 0 Å². The van der Waals surface area contributed by atoms with Crippen LogP contribution < -0.4 is 19.6 Å². The first-order chi connectivity index (χ1) is 10.3. The van der Waals surface area contributed by atoms with Gasteiger partial charge in [0.15, 0.2) is 0 Å². The lowest BCUT2D eigenvalue weighted by atomic mass is 10.0. The average molecular weight is 300 g/mol. The normalized spacial score (nSPS) is 10.7. The molecule has 0 atom stereocenters. The predicted molar refractivity (Wildman–Crippen MR) is 101 cm³/mol. The molecule has 0 unspecified atom stereocenters. The van der Waals surface area contributed by atoms with Gasteiger partial charge in [0, 0.05) is 89.9 Å². The lowest BCUT2D eigenvalue weighted by molar-refractivity contribution is 1.10. The van der Waals surface area contributed by atoms with Crippen molar-refractivity contribution in [3.05, 3.63) is 24.3 Å². The number of nitrogens with zero attached hydrogens (tertiary/aromatic N) is 4. The summed E-state index contributed by atoms with van der Waals surface area (Å²) in [6.07, 6.45) is 0. The molecule has 0 radical (unpaired) electrons. The van der Waals surface area contributed by atoms with E-state index in [1.807, 2.05) is 0 Å². The Labute approximate surface area is 134 Å². The van der Waals surface area contributed by atoms with Crippen molar-refractivity contribution in [3.8, 4) is 0 Å². The summed E-state index contributed by atoms with van der Waals surface area (Å²) < 4.78 is 0. The quantitative estimate of drug-likeness (QED) is 0.860. The van der Waals surface area contributed by atoms with Gasteiger partial charge >= 0.3 is 0 Å². The van der Waals surface area contributed by atoms with Crippen molar-refractivity contribution in [2.45, 2.75) is 0 Å². The second-order valence-electron chi connectivity index (χ2n) is 6.54. The minimum atomic E-state index is 1.24. The Morgan fingerprint density at radius 1 is 0.409 bits per heavy atom. The minimum absolute atomic E-state index is 1.24. The fourth-order valence-corrected chi connectivity index (χ4v) is 2.91. The first kappa shape index (κ1) is 16.3. The Balaban J connectivity index is 3.03. The molecule has 2 aromatic rings. The molecule has 0 aromatic heterocycles. The highest BCUT2D eigenvalue weighted by molar-refractivity contribution is 6.15. The number of benzene rings is 2. The second kappa shape index (κ2) is 5.95. The molecule has 0 heterocycles. The van der Waals surface area contributed by atoms with Crippen LogP contribution in [0.5, 0.6) is 0 Å². The molecule has 2 aromatic carbocycles. The number of fused-ring (bicyclic) bond motifs is 1. The summed E-state index contributed by atoms with van der Waals surface area (Å²) in [6.45, 7) is 0. The zero-order chi connectivity index (χ0) is 16.6. The van der Waals surface area contributed by atoms with E-state index < -0.39 is 0 Å². The van der Waals surface area contributed by atoms with Crippen LogP contribution in [0.15, 0.2) is 24.3 Å². The maximum Gasteiger partial charge on any atom is 0.0464 e. The van der Waals surface area contributed by atoms with Gasteiger partial charge in [-0.2, -0.15) is 0 Å². The lowest BCUT2D eigenvalue weighted by Crippen LogP contribution is -2.18. The molecule has 0 aliphatic heterocycles. The van der Waals surface area contributed by atoms with Gasteiger partial charge in [-0.3, -0.25) is 0 Å². The Bertz CT molecular complexity index is 559. The zero-order valence-corrected chi connectivity index (χ0v) is 15.1. The van der Waals surface area contributed by atoms with Gasteiger partial charge in [-0.25, -0.2) is 0 Å². The molecule has 0 spiro atoms. The van der Waals surface area contributed by atoms with Gasteiger partial charge in [0.2, 0.25) is 0 Å². The first-order valence-corrected chi connectivity index (χ1v) is 7.54. The highest BCUT2D eigenvalue weighted by Gasteiger charge is 2.18. The molecule has 22 heavy (non-hydrogen) atoms. The van der Waals surface area contributed by atoms with Gasteiger partial charge in [0.1, 0.15) is 0 Å². The van der Waals surface area contributed by atoms with Gasteiger partial charge in [-0.1, -0.05) is 0 Å². The summed E-state index contributed by atoms with van der Waals surface area (Å²) in [6, 6.07) is 8.85. The molecule has 0 aliphatic rings. The van der Waals surface area contributed by atoms with Crippen LogP contribution in [-0.4, -0.2) is 56.4 Å². The van der Waals surface area contributed by atoms with Gasteiger partial charge < -0.3 is 19.6 Å². The van der Waals surface area contributed by atoms with Gasteiger partial charge in [0.05, 0.1) is 0 Å². The molecule has 4 nitrogen and oxygen atoms in total. The molecular weight excluding hydrogens is 272 g/mol. The topological polar surface area (TPSA) is 13.0 Å². The van der Waals surface area contributed by atoms with Crippen molar-refractivity contribution < 1.29 is 0 Å². The minimum Gasteiger partial charge on any atom is -0.377 e. The van der Waals surface area contributed by atoms with Crippen LogP contribution >= 0.6 is 0 Å². The Morgan fingerprint density at radius 3 is 0.727 bits per heavy atom. The van der Waals surface area contributed by atoms with Crippen molar-refractivity contribution >= 4 is 33.5 Å². The lowest BCUT2D eigenvalue weighted by Gasteiger charge is -2.28. The van der Waals surface area contributed by atoms with E-state index in [0.29, 0.717) is 0 Å². The third-order valence-corrected chi connectivity index (χ3v) is 4.00. The third-order valence-electron chi connectivity index (χ3n) is 4.00. The van der Waals surface area contributed by atoms with Crippen LogP contribution in [0.25, 0.3) is 10.8 Å². The molecule has 0 N–H and O–H groups in total. The number of hydrogen-bond donors (Lipinski definition) is 0. The van der Waals surface area contributed by atoms with Crippen LogP contribution in [0.2, 0.25) is 0 Å². The maximum absolute atomic E-state index is 2.21. The highest BCUT2D eigenvalue weighted by Crippen LogP contribution is 2.43. The summed E-state index contributed by atoms with van der Waals surface area (Å²) in [4.78, 5) is 8.75. The number of rotatable bonds is 4. The average Bonchev–Trinajstić information content (AvgIpc) is 2.43. The summed E-state index contributed by atoms with van der Waals surface area (Å²) >= 11 is 0. The molecule has 0 aliphatic carbocycles. The fraction of sp³-hybridized carbons (Fsp3) is 0.444. The standard InChI is InChI=1S/C18H28N4/c1-19(2)13-9-10-15(21(5)6)18-16(22(7)8)12-11-14(17(13)18)20(3)4/h9-12H,1-8H3. The molecule has 0 bridgehead atoms. The molecule has 0 saturated heterocycles. The SMILES string of the molecule is CN(C)c1ccc(N(C)C)c2c(N(C)C)ccc(N(C)C)c12. The van der Waals surface area contributed by atoms with Crippen LogP contribution in [-0.2, 0) is 0 Å². The van der Waals surface area contributed by atoms with E-state index in [2.05, 4.69) is 100 Å². The molecule has 0 saturated carbocycles. The number of anilines is 4. The van der Waals surface area contributed by atoms with Crippen LogP contribution in [0.3, 0.4) is 0 Å². The summed E-state index contributed by atoms with van der Waals surface area (Å²) in [5.41, 5.74) is 4.97. The van der Waals surface area contributed by atoms with Crippen LogP contribution in [0, 0.1) is 0 Å². The van der Waals surface area contributed by atoms with Gasteiger partial charge in [-0.05, 0) is 24.3 Å². The molecule has 4 heteroatoms. The summed E-state index contributed by atoms with van der Waals surface area (Å²) in [7, 11) is 16.8. The Kier molecular flexibility index (Phi) is 4.40. The second-order valence-corrected chi connectivity index (χ2v) is 6.54. The van der Waals surface area contributed by atoms with E-state index in [1.165, 1.54) is 33.5 Å². The third kappa shape index (κ3) is 2.65. The smallest absolute Gasteiger partial charge is 0.0464 e. The fourth-order valence-electron chi connectivity index (χ4n) is 2.91. The molecule has 0 amide bonds. The van der Waals surface area contributed by atoms with Crippen LogP contribution in [0.1, 0.15) is 0 Å². The Hall–Kier alpha value is -2.10. The maximum atomic E-state index is 2.21. The molecular formula is C18H28N4. The van der Waals surface area contributed by atoms with Gasteiger partial charge in [0.25, 0.3) is 0 Å². The molecule has 0 fully saturated rings. The van der Waals surface area contributed by atoms with Crippen molar-refractivity contribution in [3.63, 3.8) is 0 Å². The van der Waals surface area contributed by atoms with E-state index in [0.717, 1.165) is 0 Å². The monoisotopic (exact) mass is 300 g/mol. The summed E-state index contributed by atoms with van der Waals surface area (Å²) in [5, 5.41) is 2.60. The zero-order valence-electron chi connectivity index (χ0n) is 15.1. The Morgan fingerprint density at radius 2 is 0.591 bits per heavy atom.